The number of aryl methyl sites for hydroxylation is 1. The molecule has 1 saturated carbocycles. The Hall–Kier alpha value is -2.17. The quantitative estimate of drug-likeness (QED) is 0.511. The van der Waals surface area contributed by atoms with E-state index in [4.69, 9.17) is 5.73 Å². The molecule has 5 nitrogen and oxygen atoms in total. The van der Waals surface area contributed by atoms with Gasteiger partial charge in [-0.05, 0) is 69.1 Å². The Kier molecular flexibility index (Phi) is 5.74. The van der Waals surface area contributed by atoms with Crippen LogP contribution in [0.5, 0.6) is 0 Å². The zero-order valence-electron chi connectivity index (χ0n) is 20.3. The Labute approximate surface area is 187 Å². The second kappa shape index (κ2) is 8.07. The Morgan fingerprint density at radius 3 is 2.84 bits per heavy atom. The lowest BCUT2D eigenvalue weighted by atomic mass is 9.50. The van der Waals surface area contributed by atoms with Gasteiger partial charge in [0.2, 0.25) is 5.52 Å². The molecule has 2 aromatic rings. The van der Waals surface area contributed by atoms with Gasteiger partial charge in [0, 0.05) is 0 Å². The van der Waals surface area contributed by atoms with Crippen molar-refractivity contribution in [1.29, 1.82) is 0 Å². The average Bonchev–Trinajstić information content (AvgIpc) is 3.02. The van der Waals surface area contributed by atoms with Crippen molar-refractivity contribution in [3.8, 4) is 0 Å². The monoisotopic (exact) mass is 422 g/mol. The average molecular weight is 423 g/mol. The van der Waals surface area contributed by atoms with Crippen LogP contribution in [0.15, 0.2) is 35.4 Å². The Morgan fingerprint density at radius 1 is 1.29 bits per heavy atom. The molecule has 2 aliphatic rings. The molecule has 5 heteroatoms. The van der Waals surface area contributed by atoms with Crippen LogP contribution >= 0.6 is 0 Å². The second-order valence-corrected chi connectivity index (χ2v) is 11.0. The van der Waals surface area contributed by atoms with E-state index >= 15 is 0 Å². The summed E-state index contributed by atoms with van der Waals surface area (Å²) in [6, 6.07) is 0. The van der Waals surface area contributed by atoms with Crippen LogP contribution in [-0.2, 0) is 13.6 Å². The summed E-state index contributed by atoms with van der Waals surface area (Å²) in [4.78, 5) is 8.55. The molecule has 1 fully saturated rings. The molecule has 0 amide bonds. The first kappa shape index (κ1) is 22.0. The predicted molar refractivity (Wildman–Crippen MR) is 127 cm³/mol. The van der Waals surface area contributed by atoms with Crippen LogP contribution in [0.3, 0.4) is 0 Å². The highest BCUT2D eigenvalue weighted by Crippen LogP contribution is 2.60. The zero-order chi connectivity index (χ0) is 22.4. The SMILES string of the molecule is CC1=C(CC/C(C)=C/Cn2c[n+](C)c3ncnc(N)c32)[C@@]2(C)CCCC(C)(C)[C@@H]2CC1. The topological polar surface area (TPSA) is 60.6 Å². The van der Waals surface area contributed by atoms with E-state index in [1.807, 2.05) is 11.6 Å². The number of hydrogen-bond donors (Lipinski definition) is 1. The van der Waals surface area contributed by atoms with Crippen molar-refractivity contribution in [3.63, 3.8) is 0 Å². The summed E-state index contributed by atoms with van der Waals surface area (Å²) in [6.07, 6.45) is 15.0. The maximum absolute atomic E-state index is 6.13. The van der Waals surface area contributed by atoms with Crippen LogP contribution in [0.2, 0.25) is 0 Å². The summed E-state index contributed by atoms with van der Waals surface area (Å²) in [6.45, 7) is 13.1. The lowest BCUT2D eigenvalue weighted by Gasteiger charge is -2.55. The van der Waals surface area contributed by atoms with E-state index in [2.05, 4.69) is 61.6 Å². The molecule has 2 aromatic heterocycles. The van der Waals surface area contributed by atoms with E-state index in [1.54, 1.807) is 11.1 Å². The number of aromatic nitrogens is 4. The third-order valence-electron chi connectivity index (χ3n) is 8.41. The van der Waals surface area contributed by atoms with Gasteiger partial charge in [-0.3, -0.25) is 4.57 Å². The van der Waals surface area contributed by atoms with Crippen molar-refractivity contribution in [2.45, 2.75) is 86.1 Å². The van der Waals surface area contributed by atoms with Gasteiger partial charge in [-0.15, -0.1) is 0 Å². The molecule has 0 bridgehead atoms. The molecule has 2 heterocycles. The summed E-state index contributed by atoms with van der Waals surface area (Å²) < 4.78 is 4.17. The number of imidazole rings is 1. The molecule has 2 N–H and O–H groups in total. The largest absolute Gasteiger partial charge is 0.380 e. The van der Waals surface area contributed by atoms with Crippen molar-refractivity contribution in [2.75, 3.05) is 5.73 Å². The molecule has 0 aromatic carbocycles. The smallest absolute Gasteiger partial charge is 0.307 e. The minimum Gasteiger partial charge on any atom is -0.380 e. The van der Waals surface area contributed by atoms with Gasteiger partial charge in [-0.1, -0.05) is 55.0 Å². The fourth-order valence-corrected chi connectivity index (χ4v) is 6.75. The van der Waals surface area contributed by atoms with Gasteiger partial charge in [-0.2, -0.15) is 4.98 Å². The molecular formula is C26H40N5+. The highest BCUT2D eigenvalue weighted by Gasteiger charge is 2.49. The van der Waals surface area contributed by atoms with Crippen molar-refractivity contribution in [3.05, 3.63) is 35.4 Å². The van der Waals surface area contributed by atoms with Gasteiger partial charge in [0.1, 0.15) is 0 Å². The first-order valence-corrected chi connectivity index (χ1v) is 11.9. The van der Waals surface area contributed by atoms with Crippen LogP contribution in [0, 0.1) is 16.7 Å². The molecule has 31 heavy (non-hydrogen) atoms. The third-order valence-corrected chi connectivity index (χ3v) is 8.41. The van der Waals surface area contributed by atoms with Crippen LogP contribution in [-0.4, -0.2) is 14.5 Å². The first-order valence-electron chi connectivity index (χ1n) is 11.9. The normalized spacial score (nSPS) is 26.4. The van der Waals surface area contributed by atoms with Gasteiger partial charge in [0.05, 0.1) is 13.6 Å². The Balaban J connectivity index is 1.50. The molecule has 0 unspecified atom stereocenters. The zero-order valence-corrected chi connectivity index (χ0v) is 20.3. The number of nitrogen functional groups attached to an aromatic ring is 1. The molecule has 168 valence electrons. The van der Waals surface area contributed by atoms with E-state index in [0.717, 1.165) is 30.0 Å². The van der Waals surface area contributed by atoms with Gasteiger partial charge >= 0.3 is 5.65 Å². The van der Waals surface area contributed by atoms with Crippen LogP contribution in [0.25, 0.3) is 11.2 Å². The van der Waals surface area contributed by atoms with Crippen molar-refractivity contribution >= 4 is 17.0 Å². The van der Waals surface area contributed by atoms with Crippen molar-refractivity contribution in [2.24, 2.45) is 23.8 Å². The minimum absolute atomic E-state index is 0.389. The van der Waals surface area contributed by atoms with Crippen LogP contribution < -0.4 is 10.3 Å². The summed E-state index contributed by atoms with van der Waals surface area (Å²) in [7, 11) is 2.00. The Bertz CT molecular complexity index is 1040. The number of nitrogens with zero attached hydrogens (tertiary/aromatic N) is 4. The van der Waals surface area contributed by atoms with Crippen molar-refractivity contribution in [1.82, 2.24) is 14.5 Å². The van der Waals surface area contributed by atoms with E-state index in [-0.39, 0.29) is 0 Å². The number of allylic oxidation sites excluding steroid dienone is 4. The van der Waals surface area contributed by atoms with Crippen molar-refractivity contribution < 1.29 is 4.57 Å². The fourth-order valence-electron chi connectivity index (χ4n) is 6.75. The molecule has 0 saturated heterocycles. The summed E-state index contributed by atoms with van der Waals surface area (Å²) in [5, 5.41) is 0. The van der Waals surface area contributed by atoms with Gasteiger partial charge in [-0.25, -0.2) is 4.57 Å². The lowest BCUT2D eigenvalue weighted by molar-refractivity contribution is -0.647. The maximum Gasteiger partial charge on any atom is 0.307 e. The highest BCUT2D eigenvalue weighted by atomic mass is 15.2. The number of anilines is 1. The summed E-state index contributed by atoms with van der Waals surface area (Å²) >= 11 is 0. The summed E-state index contributed by atoms with van der Waals surface area (Å²) in [5.74, 6) is 1.37. The number of nitrogens with two attached hydrogens (primary N) is 1. The van der Waals surface area contributed by atoms with E-state index in [1.165, 1.54) is 50.4 Å². The number of fused-ring (bicyclic) bond motifs is 2. The molecular weight excluding hydrogens is 382 g/mol. The Morgan fingerprint density at radius 2 is 2.06 bits per heavy atom. The van der Waals surface area contributed by atoms with E-state index in [9.17, 15) is 0 Å². The second-order valence-electron chi connectivity index (χ2n) is 11.0. The lowest BCUT2D eigenvalue weighted by Crippen LogP contribution is -2.45. The van der Waals surface area contributed by atoms with Gasteiger partial charge < -0.3 is 5.73 Å². The maximum atomic E-state index is 6.13. The fraction of sp³-hybridized carbons (Fsp3) is 0.654. The van der Waals surface area contributed by atoms with Crippen LogP contribution in [0.1, 0.15) is 79.6 Å². The standard InChI is InChI=1S/C26H40N5/c1-18(12-15-31-17-30(6)24-22(31)23(27)28-16-29-24)8-10-20-19(2)9-11-21-25(3,4)13-7-14-26(20,21)5/h12,16-17,21H,7-11,13-15H2,1-6H3,(H2,27,28,29)/q+1/b18-12+/t21-,26+/m0/s1. The third kappa shape index (κ3) is 3.92. The molecule has 2 aliphatic carbocycles. The van der Waals surface area contributed by atoms with Gasteiger partial charge in [0.25, 0.3) is 0 Å². The molecule has 0 aliphatic heterocycles. The molecule has 0 spiro atoms. The minimum atomic E-state index is 0.389. The molecule has 4 rings (SSSR count). The highest BCUT2D eigenvalue weighted by molar-refractivity contribution is 5.79. The van der Waals surface area contributed by atoms with Gasteiger partial charge in [0.15, 0.2) is 18.5 Å². The number of rotatable bonds is 5. The predicted octanol–water partition coefficient (Wildman–Crippen LogP) is 5.51. The summed E-state index contributed by atoms with van der Waals surface area (Å²) in [5.41, 5.74) is 13.7. The first-order chi connectivity index (χ1) is 14.6. The molecule has 2 atom stereocenters. The van der Waals surface area contributed by atoms with E-state index in [0.29, 0.717) is 16.6 Å². The van der Waals surface area contributed by atoms with E-state index < -0.39 is 0 Å². The van der Waals surface area contributed by atoms with Crippen LogP contribution in [0.4, 0.5) is 5.82 Å². The number of hydrogen-bond acceptors (Lipinski definition) is 3. The molecule has 0 radical (unpaired) electrons.